The summed E-state index contributed by atoms with van der Waals surface area (Å²) in [5, 5.41) is 21.3. The number of aromatic hydroxyl groups is 2. The molecule has 14 heteroatoms. The Kier molecular flexibility index (Phi) is 15.6. The number of benzene rings is 4. The number of piperidine rings is 2. The van der Waals surface area contributed by atoms with Crippen molar-refractivity contribution < 1.29 is 38.7 Å². The molecule has 0 aliphatic carbocycles. The molecule has 2 aliphatic heterocycles. The van der Waals surface area contributed by atoms with Crippen molar-refractivity contribution in [1.82, 2.24) is 19.8 Å². The average molecular weight is 977 g/mol. The fourth-order valence-electron chi connectivity index (χ4n) is 8.92. The van der Waals surface area contributed by atoms with E-state index in [0.717, 1.165) is 91.8 Å². The van der Waals surface area contributed by atoms with Crippen LogP contribution >= 0.6 is 22.7 Å². The first-order valence-electron chi connectivity index (χ1n) is 23.8. The van der Waals surface area contributed by atoms with Crippen molar-refractivity contribution in [3.8, 4) is 55.6 Å². The molecule has 0 radical (unpaired) electrons. The molecule has 0 spiro atoms. The van der Waals surface area contributed by atoms with Gasteiger partial charge in [-0.2, -0.15) is 0 Å². The van der Waals surface area contributed by atoms with Crippen molar-refractivity contribution in [2.24, 2.45) is 0 Å². The zero-order valence-electron chi connectivity index (χ0n) is 39.4. The van der Waals surface area contributed by atoms with Crippen LogP contribution in [0.3, 0.4) is 0 Å². The number of likely N-dealkylation sites (tertiary alicyclic amines) is 2. The number of thiophene rings is 2. The summed E-state index contributed by atoms with van der Waals surface area (Å²) < 4.78 is 24.2. The number of methoxy groups -OCH3 is 2. The number of ketones is 2. The number of aromatic nitrogens is 2. The molecular formula is C56H56N4O8S2. The first-order chi connectivity index (χ1) is 34.2. The maximum atomic E-state index is 13.8. The van der Waals surface area contributed by atoms with Crippen LogP contribution in [0, 0.1) is 0 Å². The first-order valence-corrected chi connectivity index (χ1v) is 25.4. The normalized spacial score (nSPS) is 14.2. The molecule has 4 aromatic heterocycles. The zero-order valence-corrected chi connectivity index (χ0v) is 41.0. The highest BCUT2D eigenvalue weighted by Gasteiger charge is 2.24. The van der Waals surface area contributed by atoms with Crippen molar-refractivity contribution >= 4 is 54.4 Å². The molecule has 6 heterocycles. The molecule has 70 heavy (non-hydrogen) atoms. The molecule has 2 fully saturated rings. The summed E-state index contributed by atoms with van der Waals surface area (Å²) in [6, 6.07) is 32.5. The van der Waals surface area contributed by atoms with Gasteiger partial charge in [-0.1, -0.05) is 12.8 Å². The SMILES string of the molecule is COc1ccc(-c2sc3cc(OC)ccc3c2C(=O)c2ccc(OCCN3CCCCC3)nc2)cc1.O=C(c1ccc(OCCN2CCCCC2)nc1)c1c(-c2ccc(O)cc2)sc2cc(O)ccc12. The summed E-state index contributed by atoms with van der Waals surface area (Å²) in [5.41, 5.74) is 4.02. The van der Waals surface area contributed by atoms with Crippen molar-refractivity contribution in [3.63, 3.8) is 0 Å². The van der Waals surface area contributed by atoms with E-state index in [4.69, 9.17) is 18.9 Å². The summed E-state index contributed by atoms with van der Waals surface area (Å²) in [6.45, 7) is 7.48. The van der Waals surface area contributed by atoms with Gasteiger partial charge in [0, 0.05) is 89.8 Å². The number of rotatable bonds is 16. The molecule has 2 saturated heterocycles. The molecule has 4 aromatic carbocycles. The van der Waals surface area contributed by atoms with Crippen LogP contribution in [-0.4, -0.2) is 108 Å². The van der Waals surface area contributed by atoms with Crippen LogP contribution in [-0.2, 0) is 0 Å². The number of phenolic OH excluding ortho intramolecular Hbond substituents is 2. The first kappa shape index (κ1) is 48.2. The number of fused-ring (bicyclic) bond motifs is 2. The number of pyridine rings is 2. The minimum Gasteiger partial charge on any atom is -0.508 e. The van der Waals surface area contributed by atoms with E-state index >= 15 is 0 Å². The highest BCUT2D eigenvalue weighted by molar-refractivity contribution is 7.23. The van der Waals surface area contributed by atoms with Gasteiger partial charge >= 0.3 is 0 Å². The van der Waals surface area contributed by atoms with Crippen molar-refractivity contribution in [3.05, 3.63) is 144 Å². The summed E-state index contributed by atoms with van der Waals surface area (Å²) >= 11 is 3.01. The molecule has 0 amide bonds. The van der Waals surface area contributed by atoms with Gasteiger partial charge in [-0.05, 0) is 160 Å². The number of ether oxygens (including phenoxy) is 4. The van der Waals surface area contributed by atoms with Gasteiger partial charge in [0.15, 0.2) is 11.6 Å². The Morgan fingerprint density at radius 1 is 0.529 bits per heavy atom. The molecule has 0 atom stereocenters. The molecule has 360 valence electrons. The van der Waals surface area contributed by atoms with Gasteiger partial charge in [-0.25, -0.2) is 9.97 Å². The molecule has 12 nitrogen and oxygen atoms in total. The minimum atomic E-state index is -0.146. The second-order valence-electron chi connectivity index (χ2n) is 17.4. The van der Waals surface area contributed by atoms with Crippen LogP contribution in [0.1, 0.15) is 70.4 Å². The van der Waals surface area contributed by atoms with E-state index < -0.39 is 0 Å². The highest BCUT2D eigenvalue weighted by atomic mass is 32.1. The van der Waals surface area contributed by atoms with E-state index in [1.54, 1.807) is 105 Å². The van der Waals surface area contributed by atoms with E-state index in [0.29, 0.717) is 47.2 Å². The average Bonchev–Trinajstić information content (AvgIpc) is 3.98. The summed E-state index contributed by atoms with van der Waals surface area (Å²) in [4.78, 5) is 42.7. The van der Waals surface area contributed by atoms with Gasteiger partial charge in [0.25, 0.3) is 0 Å². The number of phenols is 2. The predicted octanol–water partition coefficient (Wildman–Crippen LogP) is 11.5. The Bertz CT molecular complexity index is 3030. The molecule has 0 bridgehead atoms. The Balaban J connectivity index is 0.000000174. The standard InChI is InChI=1S/C29H30N2O4S.C27H26N2O4S/c1-33-22-9-6-20(7-10-22)29-27(24-12-11-23(34-2)18-25(24)36-29)28(32)21-8-13-26(30-19-21)35-17-16-31-14-4-3-5-15-31;30-20-7-4-18(5-8-20)27-25(22-10-9-21(31)16-23(22)34-27)26(32)19-6-11-24(28-17-19)33-15-14-29-12-2-1-3-13-29/h6-13,18-19H,3-5,14-17H2,1-2H3;4-11,16-17,30-31H,1-3,12-15H2. The molecule has 2 aliphatic rings. The molecule has 8 aromatic rings. The van der Waals surface area contributed by atoms with Crippen LogP contribution in [0.15, 0.2) is 122 Å². The number of nitrogens with zero attached hydrogens (tertiary/aromatic N) is 4. The zero-order chi connectivity index (χ0) is 48.4. The van der Waals surface area contributed by atoms with Crippen LogP contribution in [0.2, 0.25) is 0 Å². The third kappa shape index (κ3) is 11.4. The van der Waals surface area contributed by atoms with Crippen molar-refractivity contribution in [2.75, 3.05) is 66.7 Å². The molecule has 0 saturated carbocycles. The molecule has 0 unspecified atom stereocenters. The highest BCUT2D eigenvalue weighted by Crippen LogP contribution is 2.43. The Morgan fingerprint density at radius 2 is 0.971 bits per heavy atom. The predicted molar refractivity (Wildman–Crippen MR) is 278 cm³/mol. The van der Waals surface area contributed by atoms with Crippen molar-refractivity contribution in [2.45, 2.75) is 38.5 Å². The van der Waals surface area contributed by atoms with Crippen LogP contribution in [0.25, 0.3) is 41.1 Å². The van der Waals surface area contributed by atoms with E-state index in [9.17, 15) is 19.8 Å². The van der Waals surface area contributed by atoms with Gasteiger partial charge in [-0.15, -0.1) is 22.7 Å². The topological polar surface area (TPSA) is 144 Å². The monoisotopic (exact) mass is 976 g/mol. The number of carbonyl (C=O) groups excluding carboxylic acids is 2. The van der Waals surface area contributed by atoms with Crippen LogP contribution in [0.4, 0.5) is 0 Å². The van der Waals surface area contributed by atoms with Gasteiger partial charge in [0.05, 0.1) is 14.2 Å². The van der Waals surface area contributed by atoms with E-state index in [1.165, 1.54) is 49.9 Å². The molecule has 2 N–H and O–H groups in total. The van der Waals surface area contributed by atoms with Crippen LogP contribution in [0.5, 0.6) is 34.8 Å². The fraction of sp³-hybridized carbons (Fsp3) is 0.286. The van der Waals surface area contributed by atoms with Gasteiger partial charge < -0.3 is 29.2 Å². The number of hydrogen-bond acceptors (Lipinski definition) is 14. The maximum Gasteiger partial charge on any atom is 0.213 e. The number of carbonyl (C=O) groups is 2. The third-order valence-corrected chi connectivity index (χ3v) is 15.1. The lowest BCUT2D eigenvalue weighted by molar-refractivity contribution is 0.103. The third-order valence-electron chi connectivity index (χ3n) is 12.7. The smallest absolute Gasteiger partial charge is 0.213 e. The lowest BCUT2D eigenvalue weighted by atomic mass is 9.98. The summed E-state index contributed by atoms with van der Waals surface area (Å²) in [6.07, 6.45) is 10.8. The van der Waals surface area contributed by atoms with Gasteiger partial charge in [0.2, 0.25) is 11.8 Å². The van der Waals surface area contributed by atoms with Gasteiger partial charge in [0.1, 0.15) is 36.2 Å². The summed E-state index contributed by atoms with van der Waals surface area (Å²) in [5.74, 6) is 2.68. The second kappa shape index (κ2) is 22.7. The minimum absolute atomic E-state index is 0.0652. The summed E-state index contributed by atoms with van der Waals surface area (Å²) in [7, 11) is 3.29. The largest absolute Gasteiger partial charge is 0.508 e. The number of hydrogen-bond donors (Lipinski definition) is 2. The Hall–Kier alpha value is -6.84. The van der Waals surface area contributed by atoms with E-state index in [-0.39, 0.29) is 23.1 Å². The fourth-order valence-corrected chi connectivity index (χ4v) is 11.4. The van der Waals surface area contributed by atoms with E-state index in [2.05, 4.69) is 19.8 Å². The second-order valence-corrected chi connectivity index (χ2v) is 19.5. The lowest BCUT2D eigenvalue weighted by Gasteiger charge is -2.26. The Morgan fingerprint density at radius 3 is 1.44 bits per heavy atom. The van der Waals surface area contributed by atoms with Crippen LogP contribution < -0.4 is 18.9 Å². The van der Waals surface area contributed by atoms with Gasteiger partial charge in [-0.3, -0.25) is 19.4 Å². The van der Waals surface area contributed by atoms with E-state index in [1.807, 2.05) is 42.5 Å². The molecule has 10 rings (SSSR count). The quantitative estimate of drug-likeness (QED) is 0.0889. The lowest BCUT2D eigenvalue weighted by Crippen LogP contribution is -2.33. The molecular weight excluding hydrogens is 921 g/mol. The van der Waals surface area contributed by atoms with Crippen molar-refractivity contribution in [1.29, 1.82) is 0 Å². The maximum absolute atomic E-state index is 13.8. The Labute approximate surface area is 415 Å².